The minimum absolute atomic E-state index is 0.0184. The van der Waals surface area contributed by atoms with Gasteiger partial charge in [0.2, 0.25) is 0 Å². The first kappa shape index (κ1) is 17.1. The van der Waals surface area contributed by atoms with Crippen LogP contribution in [0, 0.1) is 0 Å². The van der Waals surface area contributed by atoms with Crippen LogP contribution in [0.15, 0.2) is 58.4 Å². The lowest BCUT2D eigenvalue weighted by atomic mass is 10.2. The predicted octanol–water partition coefficient (Wildman–Crippen LogP) is 2.89. The highest BCUT2D eigenvalue weighted by Gasteiger charge is 2.29. The van der Waals surface area contributed by atoms with E-state index in [2.05, 4.69) is 5.32 Å². The van der Waals surface area contributed by atoms with Gasteiger partial charge in [-0.3, -0.25) is 9.59 Å². The van der Waals surface area contributed by atoms with Crippen LogP contribution in [0.5, 0.6) is 0 Å². The van der Waals surface area contributed by atoms with Crippen LogP contribution in [-0.2, 0) is 6.54 Å². The molecule has 0 aliphatic carbocycles. The number of carbonyl (C=O) groups is 1. The first-order chi connectivity index (χ1) is 10.8. The molecule has 0 bridgehead atoms. The van der Waals surface area contributed by atoms with E-state index in [1.54, 1.807) is 18.3 Å². The molecule has 122 valence electrons. The normalized spacial score (nSPS) is 11.3. The SMILES string of the molecule is O=C(NCCn1ccccc1=O)c1ccc(SC(F)(F)F)cc1. The summed E-state index contributed by atoms with van der Waals surface area (Å²) in [5.74, 6) is -0.405. The molecule has 1 aromatic carbocycles. The first-order valence-corrected chi connectivity index (χ1v) is 7.46. The molecular formula is C15H13F3N2O2S. The quantitative estimate of drug-likeness (QED) is 0.850. The molecule has 0 aliphatic rings. The molecule has 4 nitrogen and oxygen atoms in total. The van der Waals surface area contributed by atoms with Crippen LogP contribution in [-0.4, -0.2) is 22.5 Å². The molecule has 2 aromatic rings. The fourth-order valence-corrected chi connectivity index (χ4v) is 2.38. The number of hydrogen-bond acceptors (Lipinski definition) is 3. The number of nitrogens with one attached hydrogen (secondary N) is 1. The summed E-state index contributed by atoms with van der Waals surface area (Å²) in [6.07, 6.45) is 1.61. The molecule has 23 heavy (non-hydrogen) atoms. The van der Waals surface area contributed by atoms with Crippen LogP contribution in [0.1, 0.15) is 10.4 Å². The first-order valence-electron chi connectivity index (χ1n) is 6.65. The third-order valence-electron chi connectivity index (χ3n) is 2.89. The van der Waals surface area contributed by atoms with E-state index in [1.807, 2.05) is 0 Å². The van der Waals surface area contributed by atoms with Gasteiger partial charge >= 0.3 is 5.51 Å². The van der Waals surface area contributed by atoms with Crippen LogP contribution in [0.4, 0.5) is 13.2 Å². The highest BCUT2D eigenvalue weighted by Crippen LogP contribution is 2.36. The summed E-state index contributed by atoms with van der Waals surface area (Å²) in [6, 6.07) is 9.90. The van der Waals surface area contributed by atoms with Crippen LogP contribution in [0.25, 0.3) is 0 Å². The summed E-state index contributed by atoms with van der Waals surface area (Å²) < 4.78 is 38.1. The Labute approximate surface area is 134 Å². The molecule has 0 radical (unpaired) electrons. The maximum absolute atomic E-state index is 12.2. The van der Waals surface area contributed by atoms with E-state index in [4.69, 9.17) is 0 Å². The molecule has 0 aliphatic heterocycles. The number of benzene rings is 1. The molecule has 0 spiro atoms. The fraction of sp³-hybridized carbons (Fsp3) is 0.200. The van der Waals surface area contributed by atoms with E-state index >= 15 is 0 Å². The van der Waals surface area contributed by atoms with Crippen LogP contribution in [0.3, 0.4) is 0 Å². The number of nitrogens with zero attached hydrogens (tertiary/aromatic N) is 1. The molecule has 0 unspecified atom stereocenters. The lowest BCUT2D eigenvalue weighted by Gasteiger charge is -2.08. The van der Waals surface area contributed by atoms with Crippen LogP contribution < -0.4 is 10.9 Å². The molecule has 0 atom stereocenters. The predicted molar refractivity (Wildman–Crippen MR) is 81.4 cm³/mol. The van der Waals surface area contributed by atoms with Gasteiger partial charge in [0, 0.05) is 35.8 Å². The minimum Gasteiger partial charge on any atom is -0.350 e. The van der Waals surface area contributed by atoms with E-state index in [1.165, 1.54) is 34.9 Å². The Morgan fingerprint density at radius 3 is 2.43 bits per heavy atom. The largest absolute Gasteiger partial charge is 0.446 e. The minimum atomic E-state index is -4.35. The molecule has 0 saturated carbocycles. The molecule has 1 N–H and O–H groups in total. The number of alkyl halides is 3. The summed E-state index contributed by atoms with van der Waals surface area (Å²) in [5.41, 5.74) is -4.26. The maximum atomic E-state index is 12.2. The smallest absolute Gasteiger partial charge is 0.350 e. The fourth-order valence-electron chi connectivity index (χ4n) is 1.85. The molecule has 2 rings (SSSR count). The van der Waals surface area contributed by atoms with Gasteiger partial charge in [0.15, 0.2) is 0 Å². The van der Waals surface area contributed by atoms with E-state index in [9.17, 15) is 22.8 Å². The lowest BCUT2D eigenvalue weighted by molar-refractivity contribution is -0.0328. The van der Waals surface area contributed by atoms with E-state index in [0.717, 1.165) is 0 Å². The third-order valence-corrected chi connectivity index (χ3v) is 3.63. The monoisotopic (exact) mass is 342 g/mol. The van der Waals surface area contributed by atoms with E-state index in [0.29, 0.717) is 6.54 Å². The van der Waals surface area contributed by atoms with Crippen molar-refractivity contribution >= 4 is 17.7 Å². The second kappa shape index (κ2) is 7.36. The summed E-state index contributed by atoms with van der Waals surface area (Å²) in [4.78, 5) is 23.4. The Morgan fingerprint density at radius 2 is 1.83 bits per heavy atom. The van der Waals surface area contributed by atoms with Crippen molar-refractivity contribution in [2.24, 2.45) is 0 Å². The average Bonchev–Trinajstić information content (AvgIpc) is 2.48. The second-order valence-corrected chi connectivity index (χ2v) is 5.70. The summed E-state index contributed by atoms with van der Waals surface area (Å²) in [5, 5.41) is 2.61. The number of hydrogen-bond donors (Lipinski definition) is 1. The number of aromatic nitrogens is 1. The Morgan fingerprint density at radius 1 is 1.13 bits per heavy atom. The zero-order valence-electron chi connectivity index (χ0n) is 11.8. The molecule has 1 amide bonds. The van der Waals surface area contributed by atoms with Crippen molar-refractivity contribution in [2.45, 2.75) is 16.9 Å². The molecule has 0 saturated heterocycles. The molecule has 1 aromatic heterocycles. The Hall–Kier alpha value is -2.22. The second-order valence-electron chi connectivity index (χ2n) is 4.56. The third kappa shape index (κ3) is 5.48. The van der Waals surface area contributed by atoms with Crippen molar-refractivity contribution in [1.82, 2.24) is 9.88 Å². The molecular weight excluding hydrogens is 329 g/mol. The summed E-state index contributed by atoms with van der Waals surface area (Å²) >= 11 is -0.232. The number of halogens is 3. The van der Waals surface area contributed by atoms with Gasteiger partial charge in [-0.1, -0.05) is 6.07 Å². The maximum Gasteiger partial charge on any atom is 0.446 e. The van der Waals surface area contributed by atoms with Crippen molar-refractivity contribution in [3.05, 3.63) is 64.6 Å². The Kier molecular flexibility index (Phi) is 5.49. The van der Waals surface area contributed by atoms with Crippen LogP contribution >= 0.6 is 11.8 Å². The highest BCUT2D eigenvalue weighted by molar-refractivity contribution is 8.00. The molecule has 1 heterocycles. The lowest BCUT2D eigenvalue weighted by Crippen LogP contribution is -2.30. The van der Waals surface area contributed by atoms with Crippen molar-refractivity contribution in [2.75, 3.05) is 6.54 Å². The average molecular weight is 342 g/mol. The van der Waals surface area contributed by atoms with Crippen molar-refractivity contribution in [1.29, 1.82) is 0 Å². The van der Waals surface area contributed by atoms with Gasteiger partial charge in [-0.25, -0.2) is 0 Å². The van der Waals surface area contributed by atoms with E-state index < -0.39 is 11.4 Å². The number of amides is 1. The standard InChI is InChI=1S/C15H13F3N2O2S/c16-15(17,18)23-12-6-4-11(5-7-12)14(22)19-8-10-20-9-2-1-3-13(20)21/h1-7,9H,8,10H2,(H,19,22). The van der Waals surface area contributed by atoms with Gasteiger partial charge in [0.1, 0.15) is 0 Å². The Balaban J connectivity index is 1.88. The van der Waals surface area contributed by atoms with Gasteiger partial charge < -0.3 is 9.88 Å². The summed E-state index contributed by atoms with van der Waals surface area (Å²) in [6.45, 7) is 0.551. The summed E-state index contributed by atoms with van der Waals surface area (Å²) in [7, 11) is 0. The number of thioether (sulfide) groups is 1. The van der Waals surface area contributed by atoms with Gasteiger partial charge in [0.25, 0.3) is 11.5 Å². The van der Waals surface area contributed by atoms with Crippen molar-refractivity contribution in [3.63, 3.8) is 0 Å². The zero-order chi connectivity index (χ0) is 16.9. The van der Waals surface area contributed by atoms with Gasteiger partial charge in [-0.05, 0) is 42.1 Å². The van der Waals surface area contributed by atoms with Gasteiger partial charge in [-0.15, -0.1) is 0 Å². The van der Waals surface area contributed by atoms with Crippen LogP contribution in [0.2, 0.25) is 0 Å². The van der Waals surface area contributed by atoms with E-state index in [-0.39, 0.29) is 34.3 Å². The number of pyridine rings is 1. The zero-order valence-corrected chi connectivity index (χ0v) is 12.7. The van der Waals surface area contributed by atoms with Gasteiger partial charge in [-0.2, -0.15) is 13.2 Å². The topological polar surface area (TPSA) is 51.1 Å². The number of carbonyl (C=O) groups excluding carboxylic acids is 1. The van der Waals surface area contributed by atoms with Crippen molar-refractivity contribution < 1.29 is 18.0 Å². The number of rotatable bonds is 5. The van der Waals surface area contributed by atoms with Gasteiger partial charge in [0.05, 0.1) is 0 Å². The highest BCUT2D eigenvalue weighted by atomic mass is 32.2. The Bertz CT molecular complexity index is 726. The molecule has 0 fully saturated rings. The van der Waals surface area contributed by atoms with Crippen molar-refractivity contribution in [3.8, 4) is 0 Å². The molecule has 8 heteroatoms.